The topological polar surface area (TPSA) is 106 Å². The van der Waals surface area contributed by atoms with Gasteiger partial charge in [-0.05, 0) is 12.1 Å². The van der Waals surface area contributed by atoms with E-state index in [0.29, 0.717) is 26.2 Å². The van der Waals surface area contributed by atoms with Crippen LogP contribution >= 0.6 is 11.3 Å². The number of nitrogens with zero attached hydrogens (tertiary/aromatic N) is 7. The van der Waals surface area contributed by atoms with Crippen LogP contribution < -0.4 is 15.5 Å². The van der Waals surface area contributed by atoms with Crippen molar-refractivity contribution in [3.05, 3.63) is 54.7 Å². The number of aromatic nitrogens is 6. The number of anilines is 3. The number of urea groups is 1. The molecule has 11 heteroatoms. The van der Waals surface area contributed by atoms with E-state index in [1.807, 2.05) is 40.5 Å². The van der Waals surface area contributed by atoms with Crippen LogP contribution in [0.15, 0.2) is 54.7 Å². The van der Waals surface area contributed by atoms with Crippen molar-refractivity contribution in [3.8, 4) is 11.3 Å². The minimum Gasteiger partial charge on any atom is -0.336 e. The monoisotopic (exact) mass is 421 g/mol. The van der Waals surface area contributed by atoms with Crippen molar-refractivity contribution in [1.82, 2.24) is 34.8 Å². The van der Waals surface area contributed by atoms with Gasteiger partial charge in [-0.2, -0.15) is 10.2 Å². The minimum absolute atomic E-state index is 0.0512. The molecule has 0 atom stereocenters. The second-order valence-corrected chi connectivity index (χ2v) is 7.60. The summed E-state index contributed by atoms with van der Waals surface area (Å²) >= 11 is 1.53. The molecule has 0 spiro atoms. The Balaban J connectivity index is 1.22. The summed E-state index contributed by atoms with van der Waals surface area (Å²) in [6, 6.07) is 7.83. The van der Waals surface area contributed by atoms with Gasteiger partial charge in [0.2, 0.25) is 0 Å². The van der Waals surface area contributed by atoms with Gasteiger partial charge in [0.15, 0.2) is 5.13 Å². The summed E-state index contributed by atoms with van der Waals surface area (Å²) in [5.74, 6) is 0. The number of nitrogens with one attached hydrogen (secondary N) is 2. The number of amides is 2. The second-order valence-electron chi connectivity index (χ2n) is 6.74. The molecule has 2 N–H and O–H groups in total. The second kappa shape index (κ2) is 7.95. The predicted octanol–water partition coefficient (Wildman–Crippen LogP) is 2.57. The maximum absolute atomic E-state index is 11.8. The van der Waals surface area contributed by atoms with Crippen LogP contribution in [0.3, 0.4) is 0 Å². The van der Waals surface area contributed by atoms with Crippen molar-refractivity contribution >= 4 is 33.9 Å². The fourth-order valence-electron chi connectivity index (χ4n) is 3.22. The van der Waals surface area contributed by atoms with Crippen LogP contribution in [0.5, 0.6) is 0 Å². The molecule has 1 saturated heterocycles. The highest BCUT2D eigenvalue weighted by molar-refractivity contribution is 7.14. The van der Waals surface area contributed by atoms with Crippen LogP contribution in [0.25, 0.3) is 11.3 Å². The molecule has 10 nitrogen and oxygen atoms in total. The molecule has 0 saturated carbocycles. The third-order valence-corrected chi connectivity index (χ3v) is 5.50. The zero-order valence-corrected chi connectivity index (χ0v) is 16.8. The lowest BCUT2D eigenvalue weighted by Gasteiger charge is -2.14. The normalized spacial score (nSPS) is 13.6. The molecule has 2 amide bonds. The van der Waals surface area contributed by atoms with Crippen molar-refractivity contribution < 1.29 is 4.79 Å². The number of benzene rings is 1. The summed E-state index contributed by atoms with van der Waals surface area (Å²) < 4.78 is 3.62. The SMILES string of the molecule is O=C1NCCN1c1ccc(-c2csc(Nc3cnn(CCn4cncn4)c3)n2)cc1. The van der Waals surface area contributed by atoms with E-state index >= 15 is 0 Å². The maximum atomic E-state index is 11.8. The Morgan fingerprint density at radius 1 is 1.13 bits per heavy atom. The third-order valence-electron chi connectivity index (χ3n) is 4.75. The number of carbonyl (C=O) groups is 1. The Morgan fingerprint density at radius 2 is 2.00 bits per heavy atom. The maximum Gasteiger partial charge on any atom is 0.321 e. The summed E-state index contributed by atoms with van der Waals surface area (Å²) in [6.45, 7) is 2.78. The molecule has 4 heterocycles. The smallest absolute Gasteiger partial charge is 0.321 e. The van der Waals surface area contributed by atoms with Crippen molar-refractivity contribution in [2.24, 2.45) is 0 Å². The zero-order chi connectivity index (χ0) is 20.3. The third kappa shape index (κ3) is 3.87. The number of thiazole rings is 1. The molecule has 1 aliphatic rings. The largest absolute Gasteiger partial charge is 0.336 e. The fourth-order valence-corrected chi connectivity index (χ4v) is 3.96. The number of carbonyl (C=O) groups excluding carboxylic acids is 1. The van der Waals surface area contributed by atoms with Gasteiger partial charge in [-0.3, -0.25) is 14.3 Å². The van der Waals surface area contributed by atoms with Gasteiger partial charge in [0.25, 0.3) is 0 Å². The summed E-state index contributed by atoms with van der Waals surface area (Å²) in [7, 11) is 0. The lowest BCUT2D eigenvalue weighted by molar-refractivity contribution is 0.252. The summed E-state index contributed by atoms with van der Waals surface area (Å²) in [6.07, 6.45) is 6.92. The lowest BCUT2D eigenvalue weighted by atomic mass is 10.1. The van der Waals surface area contributed by atoms with E-state index in [1.54, 1.807) is 22.1 Å². The van der Waals surface area contributed by atoms with E-state index in [9.17, 15) is 4.79 Å². The van der Waals surface area contributed by atoms with E-state index in [4.69, 9.17) is 0 Å². The van der Waals surface area contributed by atoms with Crippen LogP contribution in [0, 0.1) is 0 Å². The average Bonchev–Trinajstić information content (AvgIpc) is 3.56. The highest BCUT2D eigenvalue weighted by Crippen LogP contribution is 2.28. The lowest BCUT2D eigenvalue weighted by Crippen LogP contribution is -2.27. The van der Waals surface area contributed by atoms with Gasteiger partial charge in [-0.1, -0.05) is 12.1 Å². The Kier molecular flexibility index (Phi) is 4.85. The summed E-state index contributed by atoms with van der Waals surface area (Å²) in [4.78, 5) is 22.1. The van der Waals surface area contributed by atoms with Crippen molar-refractivity contribution in [2.75, 3.05) is 23.3 Å². The molecule has 0 aliphatic carbocycles. The predicted molar refractivity (Wildman–Crippen MR) is 114 cm³/mol. The molecule has 0 unspecified atom stereocenters. The highest BCUT2D eigenvalue weighted by Gasteiger charge is 2.20. The average molecular weight is 421 g/mol. The molecule has 30 heavy (non-hydrogen) atoms. The molecule has 0 radical (unpaired) electrons. The Labute approximate surface area is 176 Å². The summed E-state index contributed by atoms with van der Waals surface area (Å²) in [5.41, 5.74) is 3.66. The van der Waals surface area contributed by atoms with E-state index in [-0.39, 0.29) is 6.03 Å². The van der Waals surface area contributed by atoms with Crippen LogP contribution in [0.2, 0.25) is 0 Å². The van der Waals surface area contributed by atoms with Gasteiger partial charge in [0.05, 0.1) is 30.7 Å². The molecule has 152 valence electrons. The number of hydrogen-bond donors (Lipinski definition) is 2. The van der Waals surface area contributed by atoms with Crippen LogP contribution in [-0.2, 0) is 13.1 Å². The molecule has 1 aliphatic heterocycles. The first kappa shape index (κ1) is 18.3. The van der Waals surface area contributed by atoms with Gasteiger partial charge in [-0.25, -0.2) is 14.8 Å². The van der Waals surface area contributed by atoms with Crippen LogP contribution in [-0.4, -0.2) is 48.6 Å². The fraction of sp³-hybridized carbons (Fsp3) is 0.211. The van der Waals surface area contributed by atoms with E-state index < -0.39 is 0 Å². The zero-order valence-electron chi connectivity index (χ0n) is 16.0. The molecular formula is C19H19N9OS. The first-order valence-electron chi connectivity index (χ1n) is 9.48. The van der Waals surface area contributed by atoms with Gasteiger partial charge in [0, 0.05) is 35.9 Å². The van der Waals surface area contributed by atoms with Crippen molar-refractivity contribution in [1.29, 1.82) is 0 Å². The molecular weight excluding hydrogens is 402 g/mol. The Hall–Kier alpha value is -3.73. The van der Waals surface area contributed by atoms with Crippen molar-refractivity contribution in [2.45, 2.75) is 13.1 Å². The first-order valence-corrected chi connectivity index (χ1v) is 10.4. The highest BCUT2D eigenvalue weighted by atomic mass is 32.1. The molecule has 1 aromatic carbocycles. The molecule has 5 rings (SSSR count). The van der Waals surface area contributed by atoms with E-state index in [1.165, 1.54) is 17.7 Å². The van der Waals surface area contributed by atoms with Crippen LogP contribution in [0.4, 0.5) is 21.3 Å². The van der Waals surface area contributed by atoms with Gasteiger partial charge < -0.3 is 10.6 Å². The van der Waals surface area contributed by atoms with Gasteiger partial charge >= 0.3 is 6.03 Å². The van der Waals surface area contributed by atoms with E-state index in [0.717, 1.165) is 27.8 Å². The standard InChI is InChI=1S/C19H19N9OS/c29-19-21-5-6-28(19)16-3-1-14(2-4-16)17-11-30-18(25-17)24-15-9-22-26(10-15)7-8-27-13-20-12-23-27/h1-4,9-13H,5-8H2,(H,21,29)(H,24,25). The molecule has 0 bridgehead atoms. The summed E-state index contributed by atoms with van der Waals surface area (Å²) in [5, 5.41) is 17.4. The Bertz CT molecular complexity index is 1130. The number of rotatable bonds is 7. The molecule has 1 fully saturated rings. The van der Waals surface area contributed by atoms with Gasteiger partial charge in [-0.15, -0.1) is 11.3 Å². The number of hydrogen-bond acceptors (Lipinski definition) is 7. The Morgan fingerprint density at radius 3 is 2.77 bits per heavy atom. The van der Waals surface area contributed by atoms with Crippen LogP contribution in [0.1, 0.15) is 0 Å². The van der Waals surface area contributed by atoms with E-state index in [2.05, 4.69) is 30.8 Å². The molecule has 4 aromatic rings. The van der Waals surface area contributed by atoms with Crippen molar-refractivity contribution in [3.63, 3.8) is 0 Å². The quantitative estimate of drug-likeness (QED) is 0.475. The molecule has 3 aromatic heterocycles. The first-order chi connectivity index (χ1) is 14.7. The minimum atomic E-state index is -0.0512. The number of aryl methyl sites for hydroxylation is 2. The van der Waals surface area contributed by atoms with Gasteiger partial charge in [0.1, 0.15) is 12.7 Å².